The molecular weight excluding hydrogens is 175 g/mol. The van der Waals surface area contributed by atoms with Crippen LogP contribution in [0.25, 0.3) is 0 Å². The predicted octanol–water partition coefficient (Wildman–Crippen LogP) is -3.21. The Balaban J connectivity index is -0.000000500. The largest absolute Gasteiger partial charge is 1.00 e. The van der Waals surface area contributed by atoms with Gasteiger partial charge in [-0.25, -0.2) is 9.59 Å². The van der Waals surface area contributed by atoms with Crippen molar-refractivity contribution in [1.29, 1.82) is 0 Å². The Bertz CT molecular complexity index is 231. The van der Waals surface area contributed by atoms with E-state index < -0.39 is 23.3 Å². The molecule has 0 aromatic carbocycles. The molecule has 12 heavy (non-hydrogen) atoms. The van der Waals surface area contributed by atoms with Crippen molar-refractivity contribution in [2.75, 3.05) is 0 Å². The van der Waals surface area contributed by atoms with E-state index in [0.29, 0.717) is 6.08 Å². The van der Waals surface area contributed by atoms with Gasteiger partial charge in [-0.05, 0) is 6.92 Å². The molecule has 0 saturated carbocycles. The van der Waals surface area contributed by atoms with Gasteiger partial charge in [-0.3, -0.25) is 4.79 Å². The number of hydrogen-bond acceptors (Lipinski definition) is 3. The van der Waals surface area contributed by atoms with Crippen molar-refractivity contribution in [2.24, 2.45) is 0 Å². The fourth-order valence-corrected chi connectivity index (χ4v) is 0.437. The first kappa shape index (κ1) is 13.9. The maximum absolute atomic E-state index is 10.4. The minimum atomic E-state index is -1.53. The SMILES string of the molecule is CC(=O)/C(=C/C(=O)O)C(=O)O.[H-].[Na+]. The van der Waals surface area contributed by atoms with Crippen LogP contribution in [0, 0.1) is 0 Å². The zero-order chi connectivity index (χ0) is 9.02. The smallest absolute Gasteiger partial charge is 1.00 e. The second kappa shape index (κ2) is 5.93. The molecule has 0 saturated heterocycles. The van der Waals surface area contributed by atoms with Gasteiger partial charge in [0.05, 0.1) is 0 Å². The van der Waals surface area contributed by atoms with Gasteiger partial charge in [0.15, 0.2) is 5.78 Å². The number of aliphatic carboxylic acids is 2. The van der Waals surface area contributed by atoms with Crippen LogP contribution < -0.4 is 29.6 Å². The molecule has 0 amide bonds. The Morgan fingerprint density at radius 2 is 1.67 bits per heavy atom. The van der Waals surface area contributed by atoms with Gasteiger partial charge in [-0.2, -0.15) is 0 Å². The van der Waals surface area contributed by atoms with Gasteiger partial charge in [0.25, 0.3) is 0 Å². The molecule has 0 unspecified atom stereocenters. The molecule has 0 spiro atoms. The van der Waals surface area contributed by atoms with Crippen LogP contribution in [0.5, 0.6) is 0 Å². The zero-order valence-electron chi connectivity index (χ0n) is 7.70. The molecule has 0 bridgehead atoms. The number of carboxylic acid groups (broad SMARTS) is 2. The fourth-order valence-electron chi connectivity index (χ4n) is 0.437. The molecule has 0 atom stereocenters. The minimum absolute atomic E-state index is 0. The molecule has 0 aromatic heterocycles. The summed E-state index contributed by atoms with van der Waals surface area (Å²) in [5, 5.41) is 16.3. The van der Waals surface area contributed by atoms with Crippen LogP contribution in [0.4, 0.5) is 0 Å². The molecule has 0 fully saturated rings. The van der Waals surface area contributed by atoms with Gasteiger partial charge in [-0.1, -0.05) is 0 Å². The first-order valence-corrected chi connectivity index (χ1v) is 2.64. The Morgan fingerprint density at radius 1 is 1.25 bits per heavy atom. The number of hydrogen-bond donors (Lipinski definition) is 2. The van der Waals surface area contributed by atoms with Crippen LogP contribution in [-0.4, -0.2) is 27.9 Å². The van der Waals surface area contributed by atoms with Crippen molar-refractivity contribution in [3.8, 4) is 0 Å². The number of carbonyl (C=O) groups is 3. The molecule has 0 heterocycles. The molecule has 2 N–H and O–H groups in total. The summed E-state index contributed by atoms with van der Waals surface area (Å²) < 4.78 is 0. The van der Waals surface area contributed by atoms with Crippen LogP contribution in [0.15, 0.2) is 11.6 Å². The number of carboxylic acids is 2. The molecule has 6 heteroatoms. The normalized spacial score (nSPS) is 9.92. The summed E-state index contributed by atoms with van der Waals surface area (Å²) in [6.45, 7) is 0.989. The van der Waals surface area contributed by atoms with Crippen LogP contribution in [-0.2, 0) is 14.4 Å². The van der Waals surface area contributed by atoms with Crippen molar-refractivity contribution in [1.82, 2.24) is 0 Å². The van der Waals surface area contributed by atoms with Crippen molar-refractivity contribution in [3.63, 3.8) is 0 Å². The molecule has 0 rings (SSSR count). The van der Waals surface area contributed by atoms with Crippen molar-refractivity contribution >= 4 is 17.7 Å². The molecule has 0 aliphatic heterocycles. The van der Waals surface area contributed by atoms with Gasteiger partial charge in [-0.15, -0.1) is 0 Å². The van der Waals surface area contributed by atoms with Crippen molar-refractivity contribution in [2.45, 2.75) is 6.92 Å². The number of ketones is 1. The Hall–Kier alpha value is -0.650. The topological polar surface area (TPSA) is 91.7 Å². The number of Topliss-reactive ketones (excluding diaryl/α,β-unsaturated/α-hetero) is 1. The van der Waals surface area contributed by atoms with Gasteiger partial charge < -0.3 is 11.6 Å². The quantitative estimate of drug-likeness (QED) is 0.207. The van der Waals surface area contributed by atoms with Crippen LogP contribution >= 0.6 is 0 Å². The summed E-state index contributed by atoms with van der Waals surface area (Å²) in [7, 11) is 0. The summed E-state index contributed by atoms with van der Waals surface area (Å²) in [5.74, 6) is -3.75. The molecule has 62 valence electrons. The Kier molecular flexibility index (Phi) is 6.88. The fraction of sp³-hybridized carbons (Fsp3) is 0.167. The summed E-state index contributed by atoms with van der Waals surface area (Å²) in [4.78, 5) is 30.5. The van der Waals surface area contributed by atoms with Crippen LogP contribution in [0.2, 0.25) is 0 Å². The van der Waals surface area contributed by atoms with E-state index in [1.165, 1.54) is 0 Å². The summed E-state index contributed by atoms with van der Waals surface area (Å²) >= 11 is 0. The number of carbonyl (C=O) groups excluding carboxylic acids is 1. The average Bonchev–Trinajstić information content (AvgIpc) is 1.81. The second-order valence-electron chi connectivity index (χ2n) is 1.76. The second-order valence-corrected chi connectivity index (χ2v) is 1.76. The van der Waals surface area contributed by atoms with E-state index in [1.807, 2.05) is 0 Å². The Labute approximate surface area is 91.8 Å². The molecule has 5 nitrogen and oxygen atoms in total. The van der Waals surface area contributed by atoms with Gasteiger partial charge in [0, 0.05) is 6.08 Å². The summed E-state index contributed by atoms with van der Waals surface area (Å²) in [6, 6.07) is 0. The summed E-state index contributed by atoms with van der Waals surface area (Å²) in [6.07, 6.45) is 0.366. The third-order valence-electron chi connectivity index (χ3n) is 0.878. The molecule has 0 aliphatic rings. The Morgan fingerprint density at radius 3 is 1.75 bits per heavy atom. The van der Waals surface area contributed by atoms with Crippen molar-refractivity contribution < 1.29 is 55.6 Å². The third-order valence-corrected chi connectivity index (χ3v) is 0.878. The summed E-state index contributed by atoms with van der Waals surface area (Å²) in [5.41, 5.74) is -0.725. The van der Waals surface area contributed by atoms with Crippen LogP contribution in [0.1, 0.15) is 8.35 Å². The number of rotatable bonds is 3. The van der Waals surface area contributed by atoms with E-state index in [9.17, 15) is 14.4 Å². The van der Waals surface area contributed by atoms with E-state index in [1.54, 1.807) is 0 Å². The van der Waals surface area contributed by atoms with Gasteiger partial charge in [0.2, 0.25) is 0 Å². The predicted molar refractivity (Wildman–Crippen MR) is 35.1 cm³/mol. The standard InChI is InChI=1S/C6H6O5.Na.H/c1-3(7)4(6(10)11)2-5(8)9;;/h2H,1H3,(H,8,9)(H,10,11);;/q;+1;-1/b4-2-;;. The van der Waals surface area contributed by atoms with Gasteiger partial charge >= 0.3 is 41.5 Å². The molecule has 0 aromatic rings. The van der Waals surface area contributed by atoms with Crippen molar-refractivity contribution in [3.05, 3.63) is 11.6 Å². The monoisotopic (exact) mass is 182 g/mol. The van der Waals surface area contributed by atoms with E-state index in [0.717, 1.165) is 6.92 Å². The molecule has 0 radical (unpaired) electrons. The van der Waals surface area contributed by atoms with E-state index in [4.69, 9.17) is 10.2 Å². The van der Waals surface area contributed by atoms with E-state index in [-0.39, 0.29) is 31.0 Å². The van der Waals surface area contributed by atoms with E-state index in [2.05, 4.69) is 0 Å². The van der Waals surface area contributed by atoms with Crippen LogP contribution in [0.3, 0.4) is 0 Å². The average molecular weight is 182 g/mol. The maximum Gasteiger partial charge on any atom is 1.00 e. The first-order valence-electron chi connectivity index (χ1n) is 2.64. The third kappa shape index (κ3) is 5.06. The minimum Gasteiger partial charge on any atom is -1.00 e. The van der Waals surface area contributed by atoms with E-state index >= 15 is 0 Å². The van der Waals surface area contributed by atoms with Gasteiger partial charge in [0.1, 0.15) is 5.57 Å². The molecular formula is C6H7NaO5. The molecule has 0 aliphatic carbocycles. The zero-order valence-corrected chi connectivity index (χ0v) is 8.70. The maximum atomic E-state index is 10.4. The first-order chi connectivity index (χ1) is 4.95.